The molecule has 0 bridgehead atoms. The number of aromatic amines is 1. The van der Waals surface area contributed by atoms with E-state index in [-0.39, 0.29) is 12.5 Å². The summed E-state index contributed by atoms with van der Waals surface area (Å²) in [6, 6.07) is 7.95. The minimum Gasteiger partial charge on any atom is -0.382 e. The number of aryl methyl sites for hydroxylation is 1. The number of nitrogens with one attached hydrogen (secondary N) is 2. The lowest BCUT2D eigenvalue weighted by molar-refractivity contribution is -0.121. The average molecular weight is 334 g/mol. The van der Waals surface area contributed by atoms with Crippen LogP contribution in [0.15, 0.2) is 24.3 Å². The molecule has 23 heavy (non-hydrogen) atoms. The number of carbonyl (C=O) groups is 1. The van der Waals surface area contributed by atoms with Gasteiger partial charge in [0.25, 0.3) is 0 Å². The molecule has 0 radical (unpaired) electrons. The van der Waals surface area contributed by atoms with Gasteiger partial charge in [0.15, 0.2) is 10.6 Å². The average Bonchev–Trinajstić information content (AvgIpc) is 2.89. The molecule has 0 fully saturated rings. The van der Waals surface area contributed by atoms with Gasteiger partial charge in [-0.1, -0.05) is 29.8 Å². The molecule has 2 rings (SSSR count). The number of ether oxygens (including phenoxy) is 1. The van der Waals surface area contributed by atoms with Gasteiger partial charge in [0.05, 0.1) is 0 Å². The van der Waals surface area contributed by atoms with E-state index in [1.165, 1.54) is 5.56 Å². The largest absolute Gasteiger partial charge is 0.382 e. The summed E-state index contributed by atoms with van der Waals surface area (Å²) in [4.78, 5) is 12.1. The topological polar surface area (TPSA) is 71.9 Å². The maximum absolute atomic E-state index is 12.1. The van der Waals surface area contributed by atoms with Crippen LogP contribution in [0.4, 0.5) is 0 Å². The number of aromatic nitrogens is 3. The lowest BCUT2D eigenvalue weighted by atomic mass is 10.1. The van der Waals surface area contributed by atoms with Gasteiger partial charge in [-0.15, -0.1) is 0 Å². The molecule has 7 heteroatoms. The monoisotopic (exact) mass is 334 g/mol. The van der Waals surface area contributed by atoms with Crippen LogP contribution in [0.25, 0.3) is 11.4 Å². The number of hydrogen-bond donors (Lipinski definition) is 2. The van der Waals surface area contributed by atoms with Crippen molar-refractivity contribution in [2.45, 2.75) is 26.8 Å². The van der Waals surface area contributed by atoms with Crippen LogP contribution in [0.3, 0.4) is 0 Å². The summed E-state index contributed by atoms with van der Waals surface area (Å²) in [5.74, 6) is 0.576. The van der Waals surface area contributed by atoms with E-state index in [1.54, 1.807) is 4.57 Å². The summed E-state index contributed by atoms with van der Waals surface area (Å²) in [7, 11) is 0. The lowest BCUT2D eigenvalue weighted by Gasteiger charge is -2.08. The zero-order valence-electron chi connectivity index (χ0n) is 13.5. The second-order valence-electron chi connectivity index (χ2n) is 5.20. The van der Waals surface area contributed by atoms with Gasteiger partial charge in [-0.05, 0) is 32.5 Å². The first-order chi connectivity index (χ1) is 11.1. The minimum absolute atomic E-state index is 0.0904. The number of H-pyrrole nitrogens is 1. The van der Waals surface area contributed by atoms with Crippen molar-refractivity contribution in [2.24, 2.45) is 0 Å². The summed E-state index contributed by atoms with van der Waals surface area (Å²) < 4.78 is 7.38. The number of benzene rings is 1. The van der Waals surface area contributed by atoms with Crippen molar-refractivity contribution in [1.82, 2.24) is 20.1 Å². The highest BCUT2D eigenvalue weighted by molar-refractivity contribution is 7.71. The quantitative estimate of drug-likeness (QED) is 0.574. The highest BCUT2D eigenvalue weighted by atomic mass is 32.1. The van der Waals surface area contributed by atoms with E-state index < -0.39 is 0 Å². The third-order valence-electron chi connectivity index (χ3n) is 3.36. The zero-order valence-corrected chi connectivity index (χ0v) is 14.3. The fourth-order valence-corrected chi connectivity index (χ4v) is 2.33. The summed E-state index contributed by atoms with van der Waals surface area (Å²) >= 11 is 5.23. The molecule has 0 unspecified atom stereocenters. The molecule has 124 valence electrons. The fraction of sp³-hybridized carbons (Fsp3) is 0.438. The summed E-state index contributed by atoms with van der Waals surface area (Å²) in [5, 5.41) is 9.86. The normalized spacial score (nSPS) is 10.7. The molecule has 0 saturated carbocycles. The number of carbonyl (C=O) groups excluding carboxylic acids is 1. The minimum atomic E-state index is -0.0904. The Morgan fingerprint density at radius 3 is 2.83 bits per heavy atom. The number of hydrogen-bond acceptors (Lipinski definition) is 4. The number of amides is 1. The van der Waals surface area contributed by atoms with Crippen molar-refractivity contribution >= 4 is 18.1 Å². The molecule has 0 spiro atoms. The van der Waals surface area contributed by atoms with Crippen molar-refractivity contribution < 1.29 is 9.53 Å². The van der Waals surface area contributed by atoms with Crippen molar-refractivity contribution in [1.29, 1.82) is 0 Å². The van der Waals surface area contributed by atoms with Crippen molar-refractivity contribution in [3.8, 4) is 11.4 Å². The summed E-state index contributed by atoms with van der Waals surface area (Å²) in [6.45, 7) is 6.05. The third-order valence-corrected chi connectivity index (χ3v) is 3.67. The molecule has 0 atom stereocenters. The van der Waals surface area contributed by atoms with Gasteiger partial charge in [-0.3, -0.25) is 14.5 Å². The molecule has 0 saturated heterocycles. The van der Waals surface area contributed by atoms with Crippen molar-refractivity contribution in [3.63, 3.8) is 0 Å². The Morgan fingerprint density at radius 2 is 2.13 bits per heavy atom. The molecule has 1 aromatic carbocycles. The second-order valence-corrected chi connectivity index (χ2v) is 5.59. The van der Waals surface area contributed by atoms with Gasteiger partial charge >= 0.3 is 0 Å². The maximum atomic E-state index is 12.1. The van der Waals surface area contributed by atoms with E-state index in [2.05, 4.69) is 15.5 Å². The Bertz CT molecular complexity index is 691. The third kappa shape index (κ3) is 5.01. The molecule has 0 aliphatic carbocycles. The standard InChI is InChI=1S/C16H22N4O2S/c1-3-22-10-4-9-17-14(21)11-20-15(18-19-16(20)23)13-7-5-12(2)6-8-13/h5-8H,3-4,9-11H2,1-2H3,(H,17,21)(H,19,23). The van der Waals surface area contributed by atoms with Gasteiger partial charge in [-0.25, -0.2) is 0 Å². The smallest absolute Gasteiger partial charge is 0.240 e. The molecular formula is C16H22N4O2S. The fourth-order valence-electron chi connectivity index (χ4n) is 2.13. The van der Waals surface area contributed by atoms with E-state index in [0.717, 1.165) is 12.0 Å². The predicted octanol–water partition coefficient (Wildman–Crippen LogP) is 2.46. The first-order valence-corrected chi connectivity index (χ1v) is 8.09. The SMILES string of the molecule is CCOCCCNC(=O)Cn1c(-c2ccc(C)cc2)n[nH]c1=S. The van der Waals surface area contributed by atoms with Crippen LogP contribution in [0.5, 0.6) is 0 Å². The maximum Gasteiger partial charge on any atom is 0.240 e. The first kappa shape index (κ1) is 17.4. The van der Waals surface area contributed by atoms with Gasteiger partial charge in [-0.2, -0.15) is 5.10 Å². The highest BCUT2D eigenvalue weighted by Gasteiger charge is 2.12. The Labute approximate surface area is 140 Å². The van der Waals surface area contributed by atoms with Crippen LogP contribution < -0.4 is 5.32 Å². The Balaban J connectivity index is 2.00. The molecule has 0 aliphatic heterocycles. The summed E-state index contributed by atoms with van der Waals surface area (Å²) in [6.07, 6.45) is 0.793. The summed E-state index contributed by atoms with van der Waals surface area (Å²) in [5.41, 5.74) is 2.09. The van der Waals surface area contributed by atoms with Crippen molar-refractivity contribution in [2.75, 3.05) is 19.8 Å². The van der Waals surface area contributed by atoms with Crippen LogP contribution in [-0.2, 0) is 16.1 Å². The second kappa shape index (κ2) is 8.59. The van der Waals surface area contributed by atoms with E-state index in [1.807, 2.05) is 38.1 Å². The Morgan fingerprint density at radius 1 is 1.39 bits per heavy atom. The van der Waals surface area contributed by atoms with E-state index >= 15 is 0 Å². The lowest BCUT2D eigenvalue weighted by Crippen LogP contribution is -2.29. The van der Waals surface area contributed by atoms with E-state index in [9.17, 15) is 4.79 Å². The zero-order chi connectivity index (χ0) is 16.7. The van der Waals surface area contributed by atoms with Crippen LogP contribution in [-0.4, -0.2) is 40.4 Å². The molecule has 6 nitrogen and oxygen atoms in total. The number of nitrogens with zero attached hydrogens (tertiary/aromatic N) is 2. The van der Waals surface area contributed by atoms with Crippen LogP contribution in [0, 0.1) is 11.7 Å². The van der Waals surface area contributed by atoms with Crippen molar-refractivity contribution in [3.05, 3.63) is 34.6 Å². The molecule has 2 aromatic rings. The van der Waals surface area contributed by atoms with Gasteiger partial charge in [0, 0.05) is 25.3 Å². The number of rotatable bonds is 8. The molecule has 1 amide bonds. The van der Waals surface area contributed by atoms with E-state index in [4.69, 9.17) is 17.0 Å². The Hall–Kier alpha value is -1.99. The van der Waals surface area contributed by atoms with Gasteiger partial charge in [0.1, 0.15) is 6.54 Å². The molecule has 1 aromatic heterocycles. The van der Waals surface area contributed by atoms with E-state index in [0.29, 0.717) is 30.4 Å². The molecule has 2 N–H and O–H groups in total. The molecular weight excluding hydrogens is 312 g/mol. The molecule has 0 aliphatic rings. The van der Waals surface area contributed by atoms with Crippen LogP contribution >= 0.6 is 12.2 Å². The first-order valence-electron chi connectivity index (χ1n) is 7.68. The highest BCUT2D eigenvalue weighted by Crippen LogP contribution is 2.17. The van der Waals surface area contributed by atoms with Gasteiger partial charge < -0.3 is 10.1 Å². The van der Waals surface area contributed by atoms with Gasteiger partial charge in [0.2, 0.25) is 5.91 Å². The van der Waals surface area contributed by atoms with Crippen LogP contribution in [0.1, 0.15) is 18.9 Å². The Kier molecular flexibility index (Phi) is 6.49. The molecule has 1 heterocycles. The van der Waals surface area contributed by atoms with Crippen LogP contribution in [0.2, 0.25) is 0 Å². The predicted molar refractivity (Wildman–Crippen MR) is 91.7 cm³/mol.